The van der Waals surface area contributed by atoms with Crippen LogP contribution in [0.5, 0.6) is 0 Å². The van der Waals surface area contributed by atoms with Gasteiger partial charge in [-0.05, 0) is 74.6 Å². The Morgan fingerprint density at radius 1 is 0.738 bits per heavy atom. The Bertz CT molecular complexity index is 2390. The molecule has 0 aromatic heterocycles. The van der Waals surface area contributed by atoms with Crippen LogP contribution in [0.1, 0.15) is 119 Å². The van der Waals surface area contributed by atoms with Crippen LogP contribution in [-0.2, 0) is 59.2 Å². The summed E-state index contributed by atoms with van der Waals surface area (Å²) in [7, 11) is 6.06. The molecule has 23 nitrogen and oxygen atoms in total. The SMILES string of the molecule is CC[C@H](C)[C@@H]([C@@H](CC(=O)N1CCC[C@H]1[C@H](OC)[C@@H](C)C(=O)N[C@H](C)[C@@H](O)c1ccccc1)OC)N(C)C(=O)[C@@H](NC(=O)[C@H](C(C)C)N(C)C(=O)OCc1ccc(NC(=O)[C@H](CC(N)=O)NC(=O)[C@H](C)NC(=O)[C@H](C)N)cc1)C(C)C. The van der Waals surface area contributed by atoms with Crippen molar-refractivity contribution >= 4 is 59.0 Å². The molecule has 2 aromatic rings. The number of primary amides is 1. The molecule has 1 aliphatic rings. The predicted octanol–water partition coefficient (Wildman–Crippen LogP) is 2.73. The third-order valence-corrected chi connectivity index (χ3v) is 14.9. The molecule has 1 fully saturated rings. The zero-order valence-electron chi connectivity index (χ0n) is 49.1. The van der Waals surface area contributed by atoms with E-state index in [0.717, 1.165) is 4.90 Å². The number of rotatable bonds is 30. The average molecular weight is 1120 g/mol. The topological polar surface area (TPSA) is 323 Å². The number of nitrogens with zero attached hydrogens (tertiary/aromatic N) is 3. The monoisotopic (exact) mass is 1120 g/mol. The van der Waals surface area contributed by atoms with Gasteiger partial charge in [-0.2, -0.15) is 0 Å². The van der Waals surface area contributed by atoms with Crippen LogP contribution in [0.15, 0.2) is 54.6 Å². The molecular formula is C57H90N10O13. The molecule has 2 aromatic carbocycles. The molecule has 0 aliphatic carbocycles. The van der Waals surface area contributed by atoms with Gasteiger partial charge in [0.25, 0.3) is 0 Å². The van der Waals surface area contributed by atoms with Crippen LogP contribution in [-0.4, -0.2) is 169 Å². The van der Waals surface area contributed by atoms with Gasteiger partial charge in [0, 0.05) is 40.5 Å². The summed E-state index contributed by atoms with van der Waals surface area (Å²) in [6.07, 6.45) is -1.90. The molecule has 446 valence electrons. The van der Waals surface area contributed by atoms with Gasteiger partial charge >= 0.3 is 6.09 Å². The van der Waals surface area contributed by atoms with Gasteiger partial charge in [-0.15, -0.1) is 0 Å². The molecule has 80 heavy (non-hydrogen) atoms. The van der Waals surface area contributed by atoms with Crippen molar-refractivity contribution in [2.75, 3.05) is 40.2 Å². The third-order valence-electron chi connectivity index (χ3n) is 14.9. The van der Waals surface area contributed by atoms with E-state index in [-0.39, 0.29) is 36.4 Å². The van der Waals surface area contributed by atoms with Crippen LogP contribution in [0.4, 0.5) is 10.5 Å². The number of benzene rings is 2. The fourth-order valence-electron chi connectivity index (χ4n) is 9.97. The van der Waals surface area contributed by atoms with Gasteiger partial charge in [0.15, 0.2) is 0 Å². The Morgan fingerprint density at radius 2 is 1.36 bits per heavy atom. The van der Waals surface area contributed by atoms with Gasteiger partial charge in [-0.1, -0.05) is 97.4 Å². The van der Waals surface area contributed by atoms with Crippen molar-refractivity contribution in [1.82, 2.24) is 36.0 Å². The molecule has 0 unspecified atom stereocenters. The fourth-order valence-corrected chi connectivity index (χ4v) is 9.97. The fraction of sp³-hybridized carbons (Fsp3) is 0.632. The van der Waals surface area contributed by atoms with E-state index in [1.165, 1.54) is 47.2 Å². The number of nitrogens with one attached hydrogen (secondary N) is 5. The number of anilines is 1. The van der Waals surface area contributed by atoms with Crippen LogP contribution in [0.3, 0.4) is 0 Å². The lowest BCUT2D eigenvalue weighted by molar-refractivity contribution is -0.148. The summed E-state index contributed by atoms with van der Waals surface area (Å²) in [5.41, 5.74) is 12.4. The van der Waals surface area contributed by atoms with Gasteiger partial charge in [0.2, 0.25) is 47.3 Å². The summed E-state index contributed by atoms with van der Waals surface area (Å²) in [5, 5.41) is 24.2. The Labute approximate surface area is 471 Å². The summed E-state index contributed by atoms with van der Waals surface area (Å²) in [4.78, 5) is 125. The molecule has 0 bridgehead atoms. The number of likely N-dealkylation sites (tertiary alicyclic amines) is 1. The average Bonchev–Trinajstić information content (AvgIpc) is 3.91. The maximum atomic E-state index is 14.7. The highest BCUT2D eigenvalue weighted by molar-refractivity contribution is 6.00. The van der Waals surface area contributed by atoms with Crippen molar-refractivity contribution in [2.24, 2.45) is 35.1 Å². The minimum atomic E-state index is -1.37. The van der Waals surface area contributed by atoms with Gasteiger partial charge in [0.05, 0.1) is 61.2 Å². The summed E-state index contributed by atoms with van der Waals surface area (Å²) >= 11 is 0. The van der Waals surface area contributed by atoms with E-state index in [2.05, 4.69) is 26.6 Å². The van der Waals surface area contributed by atoms with Crippen LogP contribution >= 0.6 is 0 Å². The Balaban J connectivity index is 1.70. The molecule has 1 saturated heterocycles. The number of likely N-dealkylation sites (N-methyl/N-ethyl adjacent to an activating group) is 2. The molecule has 1 aliphatic heterocycles. The molecule has 13 atom stereocenters. The van der Waals surface area contributed by atoms with E-state index < -0.39 is 132 Å². The van der Waals surface area contributed by atoms with Crippen molar-refractivity contribution in [2.45, 2.75) is 175 Å². The van der Waals surface area contributed by atoms with Crippen molar-refractivity contribution in [3.63, 3.8) is 0 Å². The van der Waals surface area contributed by atoms with Crippen molar-refractivity contribution in [3.8, 4) is 0 Å². The highest BCUT2D eigenvalue weighted by atomic mass is 16.6. The van der Waals surface area contributed by atoms with Gasteiger partial charge in [-0.25, -0.2) is 4.79 Å². The van der Waals surface area contributed by atoms with E-state index in [4.69, 9.17) is 25.7 Å². The molecule has 0 radical (unpaired) electrons. The number of hydrogen-bond acceptors (Lipinski definition) is 14. The zero-order chi connectivity index (χ0) is 60.3. The number of aliphatic hydroxyl groups is 1. The number of hydrogen-bond donors (Lipinski definition) is 8. The number of amides is 9. The second-order valence-electron chi connectivity index (χ2n) is 21.8. The van der Waals surface area contributed by atoms with Crippen molar-refractivity contribution < 1.29 is 62.5 Å². The van der Waals surface area contributed by atoms with Crippen molar-refractivity contribution in [1.29, 1.82) is 0 Å². The minimum Gasteiger partial charge on any atom is -0.445 e. The Kier molecular flexibility index (Phi) is 27.0. The first-order chi connectivity index (χ1) is 37.6. The molecule has 0 spiro atoms. The number of carbonyl (C=O) groups excluding carboxylic acids is 9. The third kappa shape index (κ3) is 19.0. The molecule has 23 heteroatoms. The van der Waals surface area contributed by atoms with Crippen LogP contribution in [0.2, 0.25) is 0 Å². The lowest BCUT2D eigenvalue weighted by Crippen LogP contribution is -2.60. The highest BCUT2D eigenvalue weighted by Crippen LogP contribution is 2.30. The van der Waals surface area contributed by atoms with Gasteiger partial charge in [0.1, 0.15) is 30.8 Å². The van der Waals surface area contributed by atoms with Crippen LogP contribution < -0.4 is 38.1 Å². The van der Waals surface area contributed by atoms with Crippen LogP contribution in [0.25, 0.3) is 0 Å². The quantitative estimate of drug-likeness (QED) is 0.0558. The number of aliphatic hydroxyl groups excluding tert-OH is 1. The predicted molar refractivity (Wildman–Crippen MR) is 301 cm³/mol. The number of methoxy groups -OCH3 is 2. The van der Waals surface area contributed by atoms with E-state index in [1.807, 2.05) is 32.0 Å². The lowest BCUT2D eigenvalue weighted by atomic mass is 9.89. The normalized spacial score (nSPS) is 17.9. The first-order valence-electron chi connectivity index (χ1n) is 27.5. The minimum absolute atomic E-state index is 0.0856. The summed E-state index contributed by atoms with van der Waals surface area (Å²) in [5.74, 6) is -6.22. The number of carbonyl (C=O) groups is 9. The zero-order valence-corrected chi connectivity index (χ0v) is 49.1. The largest absolute Gasteiger partial charge is 0.445 e. The molecule has 10 N–H and O–H groups in total. The standard InChI is InChI=1S/C57H90N10O13/c1-15-33(6)48(43(78-13)29-45(69)67-27-19-22-42(67)50(79-14)34(7)51(71)60-36(9)49(70)39-20-17-16-18-21-39)65(11)56(76)46(31(2)3)64-55(75)47(32(4)5)66(12)57(77)80-30-38-23-25-40(26-24-38)62-54(74)41(28-44(59)68)63-53(73)37(10)61-52(72)35(8)58/h16-18,20-21,23-26,31-37,41-43,46-50,70H,15,19,22,27-30,58H2,1-14H3,(H2,59,68)(H,60,71)(H,61,72)(H,62,74)(H,63,73)(H,64,75)/t33-,34+,35-,36+,37-,41-,42-,43+,46-,47-,48-,49+,50+/m0/s1. The second kappa shape index (κ2) is 31.9. The van der Waals surface area contributed by atoms with E-state index in [1.54, 1.807) is 82.7 Å². The maximum Gasteiger partial charge on any atom is 0.410 e. The van der Waals surface area contributed by atoms with E-state index in [0.29, 0.717) is 36.9 Å². The van der Waals surface area contributed by atoms with Crippen molar-refractivity contribution in [3.05, 3.63) is 65.7 Å². The van der Waals surface area contributed by atoms with E-state index >= 15 is 0 Å². The Morgan fingerprint density at radius 3 is 1.90 bits per heavy atom. The summed E-state index contributed by atoms with van der Waals surface area (Å²) in [6, 6.07) is 8.12. The van der Waals surface area contributed by atoms with Crippen LogP contribution in [0, 0.1) is 23.7 Å². The molecule has 0 saturated carbocycles. The highest BCUT2D eigenvalue weighted by Gasteiger charge is 2.44. The molecule has 1 heterocycles. The number of ether oxygens (including phenoxy) is 3. The Hall–Kier alpha value is -6.69. The van der Waals surface area contributed by atoms with E-state index in [9.17, 15) is 48.3 Å². The summed E-state index contributed by atoms with van der Waals surface area (Å²) < 4.78 is 17.6. The lowest BCUT2D eigenvalue weighted by Gasteiger charge is -2.41. The molecule has 3 rings (SSSR count). The first-order valence-corrected chi connectivity index (χ1v) is 27.5. The summed E-state index contributed by atoms with van der Waals surface area (Å²) in [6.45, 7) is 17.6. The smallest absolute Gasteiger partial charge is 0.410 e. The van der Waals surface area contributed by atoms with Gasteiger partial charge < -0.3 is 67.2 Å². The number of nitrogens with two attached hydrogens (primary N) is 2. The first kappa shape index (κ1) is 67.6. The second-order valence-corrected chi connectivity index (χ2v) is 21.8. The maximum absolute atomic E-state index is 14.7. The van der Waals surface area contributed by atoms with Gasteiger partial charge in [-0.3, -0.25) is 43.3 Å². The molecular weight excluding hydrogens is 1030 g/mol. The molecule has 9 amide bonds.